The van der Waals surface area contributed by atoms with E-state index in [2.05, 4.69) is 21.0 Å². The molecule has 2 aliphatic heterocycles. The van der Waals surface area contributed by atoms with Gasteiger partial charge in [0.05, 0.1) is 41.6 Å². The second-order valence-corrected chi connectivity index (χ2v) is 8.14. The fourth-order valence-electron chi connectivity index (χ4n) is 4.08. The van der Waals surface area contributed by atoms with Gasteiger partial charge < -0.3 is 14.6 Å². The number of H-pyrrole nitrogens is 1. The van der Waals surface area contributed by atoms with Gasteiger partial charge in [0.2, 0.25) is 0 Å². The van der Waals surface area contributed by atoms with Gasteiger partial charge in [-0.15, -0.1) is 0 Å². The predicted octanol–water partition coefficient (Wildman–Crippen LogP) is 4.07. The number of aromatic amines is 1. The Bertz CT molecular complexity index is 1240. The first-order chi connectivity index (χ1) is 15.1. The molecule has 31 heavy (non-hydrogen) atoms. The molecule has 2 aliphatic rings. The van der Waals surface area contributed by atoms with Crippen LogP contribution in [0.5, 0.6) is 0 Å². The molecule has 0 saturated carbocycles. The van der Waals surface area contributed by atoms with Gasteiger partial charge in [0.1, 0.15) is 11.3 Å². The number of nitrogens with one attached hydrogen (secondary N) is 1. The standard InChI is InChI=1S/C23H20ClN5O2/c24-20-17-10-16(12-26-22(17)28-21(20)15-5-8-31-9-6-15)18-2-1-3-19(27-18)23(30)29-7-4-14(11-25)13-29/h1-3,5,10,12,14H,4,6-9,13H2,(H,26,28). The van der Waals surface area contributed by atoms with Crippen molar-refractivity contribution in [1.82, 2.24) is 19.9 Å². The van der Waals surface area contributed by atoms with E-state index in [1.54, 1.807) is 17.2 Å². The van der Waals surface area contributed by atoms with E-state index < -0.39 is 0 Å². The van der Waals surface area contributed by atoms with Crippen LogP contribution in [0.25, 0.3) is 27.9 Å². The molecular formula is C23H20ClN5O2. The van der Waals surface area contributed by atoms with Crippen LogP contribution in [0.3, 0.4) is 0 Å². The van der Waals surface area contributed by atoms with Crippen molar-refractivity contribution in [2.75, 3.05) is 26.3 Å². The maximum Gasteiger partial charge on any atom is 0.272 e. The van der Waals surface area contributed by atoms with Crippen LogP contribution in [0.1, 0.15) is 29.0 Å². The fourth-order valence-corrected chi connectivity index (χ4v) is 4.39. The van der Waals surface area contributed by atoms with Crippen LogP contribution >= 0.6 is 11.6 Å². The van der Waals surface area contributed by atoms with Crippen LogP contribution in [0.15, 0.2) is 36.5 Å². The van der Waals surface area contributed by atoms with Gasteiger partial charge in [-0.3, -0.25) is 4.79 Å². The molecule has 3 aromatic rings. The quantitative estimate of drug-likeness (QED) is 0.671. The molecule has 0 spiro atoms. The number of pyridine rings is 2. The van der Waals surface area contributed by atoms with E-state index in [0.29, 0.717) is 54.8 Å². The largest absolute Gasteiger partial charge is 0.377 e. The van der Waals surface area contributed by atoms with Crippen LogP contribution in [0.4, 0.5) is 0 Å². The molecule has 1 amide bonds. The summed E-state index contributed by atoms with van der Waals surface area (Å²) < 4.78 is 5.39. The minimum Gasteiger partial charge on any atom is -0.377 e. The third-order valence-corrected chi connectivity index (χ3v) is 6.19. The Hall–Kier alpha value is -3.21. The predicted molar refractivity (Wildman–Crippen MR) is 117 cm³/mol. The van der Waals surface area contributed by atoms with E-state index in [1.807, 2.05) is 24.3 Å². The van der Waals surface area contributed by atoms with E-state index in [0.717, 1.165) is 28.6 Å². The number of carbonyl (C=O) groups is 1. The molecule has 5 rings (SSSR count). The second kappa shape index (κ2) is 8.14. The smallest absolute Gasteiger partial charge is 0.272 e. The Kier molecular flexibility index (Phi) is 5.18. The van der Waals surface area contributed by atoms with Crippen molar-refractivity contribution >= 4 is 34.1 Å². The molecule has 1 saturated heterocycles. The van der Waals surface area contributed by atoms with Crippen molar-refractivity contribution < 1.29 is 9.53 Å². The molecule has 8 heteroatoms. The van der Waals surface area contributed by atoms with Gasteiger partial charge in [-0.25, -0.2) is 9.97 Å². The first kappa shape index (κ1) is 19.7. The highest BCUT2D eigenvalue weighted by molar-refractivity contribution is 6.37. The van der Waals surface area contributed by atoms with E-state index in [1.165, 1.54) is 0 Å². The molecule has 1 atom stereocenters. The van der Waals surface area contributed by atoms with E-state index in [-0.39, 0.29) is 11.8 Å². The van der Waals surface area contributed by atoms with E-state index >= 15 is 0 Å². The van der Waals surface area contributed by atoms with Crippen LogP contribution < -0.4 is 0 Å². The molecule has 0 radical (unpaired) electrons. The highest BCUT2D eigenvalue weighted by atomic mass is 35.5. The van der Waals surface area contributed by atoms with Crippen molar-refractivity contribution in [3.63, 3.8) is 0 Å². The SMILES string of the molecule is N#CC1CCN(C(=O)c2cccc(-c3cnc4[nH]c(C5=CCOCC5)c(Cl)c4c3)n2)C1. The summed E-state index contributed by atoms with van der Waals surface area (Å²) in [7, 11) is 0. The van der Waals surface area contributed by atoms with Gasteiger partial charge in [-0.2, -0.15) is 5.26 Å². The maximum absolute atomic E-state index is 12.8. The summed E-state index contributed by atoms with van der Waals surface area (Å²) in [6.45, 7) is 2.29. The lowest BCUT2D eigenvalue weighted by Crippen LogP contribution is -2.29. The fraction of sp³-hybridized carbons (Fsp3) is 0.304. The number of hydrogen-bond acceptors (Lipinski definition) is 5. The molecule has 5 heterocycles. The third-order valence-electron chi connectivity index (χ3n) is 5.79. The van der Waals surface area contributed by atoms with Crippen molar-refractivity contribution in [2.24, 2.45) is 5.92 Å². The Morgan fingerprint density at radius 3 is 3.06 bits per heavy atom. The average molecular weight is 434 g/mol. The lowest BCUT2D eigenvalue weighted by atomic mass is 10.1. The van der Waals surface area contributed by atoms with Crippen molar-refractivity contribution in [3.05, 3.63) is 52.9 Å². The topological polar surface area (TPSA) is 94.9 Å². The van der Waals surface area contributed by atoms with Crippen molar-refractivity contribution in [1.29, 1.82) is 5.26 Å². The number of aromatic nitrogens is 3. The summed E-state index contributed by atoms with van der Waals surface area (Å²) in [5.41, 5.74) is 4.52. The summed E-state index contributed by atoms with van der Waals surface area (Å²) >= 11 is 6.68. The number of nitrogens with zero attached hydrogens (tertiary/aromatic N) is 4. The molecule has 1 fully saturated rings. The first-order valence-corrected chi connectivity index (χ1v) is 10.6. The van der Waals surface area contributed by atoms with Crippen molar-refractivity contribution in [3.8, 4) is 17.3 Å². The van der Waals surface area contributed by atoms with Gasteiger partial charge in [0.25, 0.3) is 5.91 Å². The normalized spacial score (nSPS) is 18.8. The highest BCUT2D eigenvalue weighted by Gasteiger charge is 2.27. The third kappa shape index (κ3) is 3.69. The molecule has 1 N–H and O–H groups in total. The summed E-state index contributed by atoms with van der Waals surface area (Å²) in [6.07, 6.45) is 5.27. The number of rotatable bonds is 3. The van der Waals surface area contributed by atoms with Gasteiger partial charge in [0.15, 0.2) is 0 Å². The number of carbonyl (C=O) groups excluding carboxylic acids is 1. The number of hydrogen-bond donors (Lipinski definition) is 1. The lowest BCUT2D eigenvalue weighted by molar-refractivity contribution is 0.0784. The van der Waals surface area contributed by atoms with E-state index in [4.69, 9.17) is 21.6 Å². The Labute approximate surface area is 184 Å². The maximum atomic E-state index is 12.8. The molecule has 0 bridgehead atoms. The number of likely N-dealkylation sites (tertiary alicyclic amines) is 1. The van der Waals surface area contributed by atoms with Crippen LogP contribution in [0.2, 0.25) is 5.02 Å². The molecule has 0 aromatic carbocycles. The van der Waals surface area contributed by atoms with Gasteiger partial charge in [-0.05, 0) is 36.6 Å². The van der Waals surface area contributed by atoms with Crippen LogP contribution in [0, 0.1) is 17.2 Å². The zero-order valence-corrected chi connectivity index (χ0v) is 17.5. The van der Waals surface area contributed by atoms with E-state index in [9.17, 15) is 4.79 Å². The zero-order chi connectivity index (χ0) is 21.4. The van der Waals surface area contributed by atoms with Gasteiger partial charge in [0, 0.05) is 30.2 Å². The van der Waals surface area contributed by atoms with Gasteiger partial charge >= 0.3 is 0 Å². The summed E-state index contributed by atoms with van der Waals surface area (Å²) in [5, 5.41) is 10.5. The first-order valence-electron chi connectivity index (χ1n) is 10.2. The molecule has 0 aliphatic carbocycles. The zero-order valence-electron chi connectivity index (χ0n) is 16.8. The molecule has 1 unspecified atom stereocenters. The lowest BCUT2D eigenvalue weighted by Gasteiger charge is -2.15. The van der Waals surface area contributed by atoms with Crippen LogP contribution in [-0.2, 0) is 4.74 Å². The Balaban J connectivity index is 1.46. The highest BCUT2D eigenvalue weighted by Crippen LogP contribution is 2.35. The molecule has 7 nitrogen and oxygen atoms in total. The number of halogens is 1. The Morgan fingerprint density at radius 1 is 1.39 bits per heavy atom. The second-order valence-electron chi connectivity index (χ2n) is 7.76. The van der Waals surface area contributed by atoms with Crippen molar-refractivity contribution in [2.45, 2.75) is 12.8 Å². The minimum atomic E-state index is -0.151. The molecular weight excluding hydrogens is 414 g/mol. The number of amides is 1. The average Bonchev–Trinajstić information content (AvgIpc) is 3.44. The molecule has 156 valence electrons. The summed E-state index contributed by atoms with van der Waals surface area (Å²) in [4.78, 5) is 27.0. The monoisotopic (exact) mass is 433 g/mol. The number of fused-ring (bicyclic) bond motifs is 1. The minimum absolute atomic E-state index is 0.102. The molecule has 3 aromatic heterocycles. The summed E-state index contributed by atoms with van der Waals surface area (Å²) in [6, 6.07) is 9.55. The van der Waals surface area contributed by atoms with Crippen LogP contribution in [-0.4, -0.2) is 52.1 Å². The summed E-state index contributed by atoms with van der Waals surface area (Å²) in [5.74, 6) is -0.253. The Morgan fingerprint density at radius 2 is 2.29 bits per heavy atom. The number of nitriles is 1. The number of ether oxygens (including phenoxy) is 1. The van der Waals surface area contributed by atoms with Gasteiger partial charge in [-0.1, -0.05) is 23.7 Å².